The van der Waals surface area contributed by atoms with E-state index < -0.39 is 0 Å². The van der Waals surface area contributed by atoms with E-state index in [1.165, 1.54) is 0 Å². The molecule has 0 aliphatic heterocycles. The first-order valence-corrected chi connectivity index (χ1v) is 7.78. The minimum Gasteiger partial charge on any atom is -0.383 e. The molecule has 5 nitrogen and oxygen atoms in total. The molecule has 0 radical (unpaired) electrons. The number of methoxy groups -OCH3 is 1. The van der Waals surface area contributed by atoms with Crippen molar-refractivity contribution in [2.45, 2.75) is 47.2 Å². The minimum atomic E-state index is 0.268. The summed E-state index contributed by atoms with van der Waals surface area (Å²) in [6.45, 7) is 14.1. The van der Waals surface area contributed by atoms with E-state index in [1.54, 1.807) is 7.11 Å². The van der Waals surface area contributed by atoms with Crippen LogP contribution < -0.4 is 10.2 Å². The molecule has 1 aromatic rings. The second kappa shape index (κ2) is 8.95. The van der Waals surface area contributed by atoms with Gasteiger partial charge in [0, 0.05) is 37.7 Å². The third-order valence-electron chi connectivity index (χ3n) is 3.47. The molecule has 0 saturated heterocycles. The highest BCUT2D eigenvalue weighted by Crippen LogP contribution is 2.14. The minimum absolute atomic E-state index is 0.268. The van der Waals surface area contributed by atoms with Gasteiger partial charge in [0.1, 0.15) is 0 Å². The molecule has 0 aromatic carbocycles. The molecule has 1 N–H and O–H groups in total. The molecule has 0 amide bonds. The van der Waals surface area contributed by atoms with Gasteiger partial charge in [-0.05, 0) is 33.2 Å². The molecule has 1 aromatic heterocycles. The molecule has 1 atom stereocenters. The van der Waals surface area contributed by atoms with E-state index in [0.717, 1.165) is 36.8 Å². The summed E-state index contributed by atoms with van der Waals surface area (Å²) in [6, 6.07) is 0.268. The van der Waals surface area contributed by atoms with Crippen LogP contribution in [0.25, 0.3) is 0 Å². The van der Waals surface area contributed by atoms with E-state index in [-0.39, 0.29) is 6.04 Å². The van der Waals surface area contributed by atoms with Crippen LogP contribution in [0, 0.1) is 12.8 Å². The number of likely N-dealkylation sites (N-methyl/N-ethyl adjacent to an activating group) is 1. The highest BCUT2D eigenvalue weighted by atomic mass is 16.5. The summed E-state index contributed by atoms with van der Waals surface area (Å²) < 4.78 is 5.23. The summed E-state index contributed by atoms with van der Waals surface area (Å²) >= 11 is 0. The first kappa shape index (κ1) is 17.9. The third kappa shape index (κ3) is 5.59. The number of hydrogen-bond donors (Lipinski definition) is 1. The van der Waals surface area contributed by atoms with E-state index in [0.29, 0.717) is 12.5 Å². The van der Waals surface area contributed by atoms with Crippen molar-refractivity contribution in [3.05, 3.63) is 17.5 Å². The van der Waals surface area contributed by atoms with Gasteiger partial charge in [-0.2, -0.15) is 0 Å². The van der Waals surface area contributed by atoms with E-state index in [4.69, 9.17) is 4.74 Å². The fourth-order valence-electron chi connectivity index (χ4n) is 2.27. The predicted molar refractivity (Wildman–Crippen MR) is 87.7 cm³/mol. The Hall–Kier alpha value is -1.20. The van der Waals surface area contributed by atoms with Gasteiger partial charge in [-0.3, -0.25) is 0 Å². The number of rotatable bonds is 9. The molecule has 0 spiro atoms. The largest absolute Gasteiger partial charge is 0.383 e. The van der Waals surface area contributed by atoms with Gasteiger partial charge in [0.2, 0.25) is 5.95 Å². The zero-order valence-corrected chi connectivity index (χ0v) is 14.3. The number of aromatic nitrogens is 2. The lowest BCUT2D eigenvalue weighted by Crippen LogP contribution is -2.37. The zero-order chi connectivity index (χ0) is 15.8. The monoisotopic (exact) mass is 294 g/mol. The van der Waals surface area contributed by atoms with Gasteiger partial charge in [-0.15, -0.1) is 0 Å². The van der Waals surface area contributed by atoms with Crippen LogP contribution in [-0.4, -0.2) is 42.8 Å². The molecular weight excluding hydrogens is 264 g/mol. The summed E-state index contributed by atoms with van der Waals surface area (Å²) in [7, 11) is 1.72. The molecule has 1 unspecified atom stereocenters. The molecule has 0 aliphatic carbocycles. The van der Waals surface area contributed by atoms with Gasteiger partial charge in [-0.25, -0.2) is 9.97 Å². The van der Waals surface area contributed by atoms with Crippen LogP contribution in [0.5, 0.6) is 0 Å². The van der Waals surface area contributed by atoms with Gasteiger partial charge in [0.05, 0.1) is 12.6 Å². The predicted octanol–water partition coefficient (Wildman–Crippen LogP) is 2.39. The second-order valence-electron chi connectivity index (χ2n) is 5.90. The fourth-order valence-corrected chi connectivity index (χ4v) is 2.27. The Morgan fingerprint density at radius 3 is 2.57 bits per heavy atom. The van der Waals surface area contributed by atoms with Crippen molar-refractivity contribution in [3.63, 3.8) is 0 Å². The number of ether oxygens (including phenoxy) is 1. The van der Waals surface area contributed by atoms with Crippen LogP contribution in [0.2, 0.25) is 0 Å². The molecule has 0 bridgehead atoms. The van der Waals surface area contributed by atoms with E-state index in [2.05, 4.69) is 47.9 Å². The van der Waals surface area contributed by atoms with Crippen molar-refractivity contribution in [3.8, 4) is 0 Å². The quantitative estimate of drug-likeness (QED) is 0.758. The number of hydrogen-bond acceptors (Lipinski definition) is 5. The highest BCUT2D eigenvalue weighted by molar-refractivity contribution is 5.34. The first-order valence-electron chi connectivity index (χ1n) is 7.78. The Balaban J connectivity index is 2.75. The lowest BCUT2D eigenvalue weighted by molar-refractivity contribution is 0.181. The van der Waals surface area contributed by atoms with Crippen molar-refractivity contribution < 1.29 is 4.74 Å². The molecule has 0 aliphatic rings. The van der Waals surface area contributed by atoms with Gasteiger partial charge in [0.15, 0.2) is 0 Å². The van der Waals surface area contributed by atoms with E-state index in [1.807, 2.05) is 13.1 Å². The van der Waals surface area contributed by atoms with Gasteiger partial charge in [0.25, 0.3) is 0 Å². The molecule has 21 heavy (non-hydrogen) atoms. The summed E-state index contributed by atoms with van der Waals surface area (Å²) in [6.07, 6.45) is 1.94. The Bertz CT molecular complexity index is 423. The van der Waals surface area contributed by atoms with Crippen molar-refractivity contribution >= 4 is 5.95 Å². The third-order valence-corrected chi connectivity index (χ3v) is 3.47. The lowest BCUT2D eigenvalue weighted by atomic mass is 10.2. The van der Waals surface area contributed by atoms with Crippen LogP contribution in [0.1, 0.15) is 39.0 Å². The Labute approximate surface area is 129 Å². The van der Waals surface area contributed by atoms with Gasteiger partial charge < -0.3 is 15.0 Å². The summed E-state index contributed by atoms with van der Waals surface area (Å²) in [5, 5.41) is 3.43. The van der Waals surface area contributed by atoms with Crippen LogP contribution in [0.15, 0.2) is 6.20 Å². The highest BCUT2D eigenvalue weighted by Gasteiger charge is 2.16. The number of aryl methyl sites for hydroxylation is 1. The number of nitrogens with zero attached hydrogens (tertiary/aromatic N) is 3. The summed E-state index contributed by atoms with van der Waals surface area (Å²) in [5.74, 6) is 1.43. The average molecular weight is 294 g/mol. The smallest absolute Gasteiger partial charge is 0.225 e. The first-order chi connectivity index (χ1) is 9.99. The second-order valence-corrected chi connectivity index (χ2v) is 5.90. The molecule has 0 fully saturated rings. The zero-order valence-electron chi connectivity index (χ0n) is 14.3. The molecule has 1 heterocycles. The van der Waals surface area contributed by atoms with Crippen LogP contribution in [-0.2, 0) is 11.3 Å². The van der Waals surface area contributed by atoms with Crippen molar-refractivity contribution in [1.29, 1.82) is 0 Å². The fraction of sp³-hybridized carbons (Fsp3) is 0.750. The standard InChI is InChI=1S/C16H30N4O/c1-7-20(13(4)11-21-6)16-18-10-15(14(5)19-16)9-17-8-12(2)3/h10,12-13,17H,7-9,11H2,1-6H3. The molecular formula is C16H30N4O. The molecule has 5 heteroatoms. The topological polar surface area (TPSA) is 50.3 Å². The van der Waals surface area contributed by atoms with Crippen molar-refractivity contribution in [2.75, 3.05) is 31.7 Å². The average Bonchev–Trinajstić information content (AvgIpc) is 2.42. The molecule has 0 saturated carbocycles. The SMILES string of the molecule is CCN(c1ncc(CNCC(C)C)c(C)n1)C(C)COC. The maximum Gasteiger partial charge on any atom is 0.225 e. The summed E-state index contributed by atoms with van der Waals surface area (Å²) in [4.78, 5) is 11.4. The van der Waals surface area contributed by atoms with Gasteiger partial charge >= 0.3 is 0 Å². The Kier molecular flexibility index (Phi) is 7.61. The van der Waals surface area contributed by atoms with Crippen LogP contribution >= 0.6 is 0 Å². The van der Waals surface area contributed by atoms with Gasteiger partial charge in [-0.1, -0.05) is 13.8 Å². The Morgan fingerprint density at radius 2 is 2.05 bits per heavy atom. The van der Waals surface area contributed by atoms with E-state index >= 15 is 0 Å². The number of nitrogens with one attached hydrogen (secondary N) is 1. The maximum absolute atomic E-state index is 5.23. The van der Waals surface area contributed by atoms with Crippen molar-refractivity contribution in [1.82, 2.24) is 15.3 Å². The van der Waals surface area contributed by atoms with Crippen LogP contribution in [0.3, 0.4) is 0 Å². The molecule has 120 valence electrons. The molecule has 1 rings (SSSR count). The van der Waals surface area contributed by atoms with Crippen LogP contribution in [0.4, 0.5) is 5.95 Å². The lowest BCUT2D eigenvalue weighted by Gasteiger charge is -2.27. The van der Waals surface area contributed by atoms with E-state index in [9.17, 15) is 0 Å². The summed E-state index contributed by atoms with van der Waals surface area (Å²) in [5.41, 5.74) is 2.20. The normalized spacial score (nSPS) is 12.7. The Morgan fingerprint density at radius 1 is 1.33 bits per heavy atom. The number of anilines is 1. The maximum atomic E-state index is 5.23. The van der Waals surface area contributed by atoms with Crippen molar-refractivity contribution in [2.24, 2.45) is 5.92 Å².